The Hall–Kier alpha value is -4.00. The number of aryl methyl sites for hydroxylation is 2. The minimum atomic E-state index is -0.871. The van der Waals surface area contributed by atoms with Gasteiger partial charge < -0.3 is 10.1 Å². The van der Waals surface area contributed by atoms with Crippen LogP contribution in [-0.2, 0) is 16.2 Å². The first-order valence-electron chi connectivity index (χ1n) is 9.59. The number of halogens is 1. The third-order valence-corrected chi connectivity index (χ3v) is 4.53. The molecule has 0 aliphatic rings. The van der Waals surface area contributed by atoms with Gasteiger partial charge in [-0.2, -0.15) is 5.10 Å². The van der Waals surface area contributed by atoms with Crippen LogP contribution in [0.4, 0.5) is 10.1 Å². The minimum absolute atomic E-state index is 0.247. The second-order valence-electron chi connectivity index (χ2n) is 6.94. The number of nitrogens with zero attached hydrogens (tertiary/aromatic N) is 1. The van der Waals surface area contributed by atoms with Crippen LogP contribution in [0.15, 0.2) is 71.8 Å². The Kier molecular flexibility index (Phi) is 7.11. The molecule has 0 aliphatic heterocycles. The van der Waals surface area contributed by atoms with E-state index in [0.717, 1.165) is 16.7 Å². The van der Waals surface area contributed by atoms with Gasteiger partial charge in [-0.3, -0.25) is 9.59 Å². The van der Waals surface area contributed by atoms with Crippen LogP contribution in [-0.4, -0.2) is 18.0 Å². The summed E-state index contributed by atoms with van der Waals surface area (Å²) in [6.45, 7) is 4.13. The summed E-state index contributed by atoms with van der Waals surface area (Å²) in [7, 11) is 0. The molecule has 0 aliphatic carbocycles. The third kappa shape index (κ3) is 6.50. The Morgan fingerprint density at radius 2 is 1.74 bits per heavy atom. The van der Waals surface area contributed by atoms with Gasteiger partial charge in [-0.1, -0.05) is 18.2 Å². The fourth-order valence-corrected chi connectivity index (χ4v) is 2.67. The molecular weight excluding hydrogens is 397 g/mol. The summed E-state index contributed by atoms with van der Waals surface area (Å²) in [6, 6.07) is 18.5. The van der Waals surface area contributed by atoms with Crippen molar-refractivity contribution in [2.45, 2.75) is 20.5 Å². The van der Waals surface area contributed by atoms with Crippen molar-refractivity contribution in [2.75, 3.05) is 5.32 Å². The van der Waals surface area contributed by atoms with Gasteiger partial charge >= 0.3 is 11.8 Å². The molecule has 0 saturated carbocycles. The summed E-state index contributed by atoms with van der Waals surface area (Å²) < 4.78 is 18.8. The van der Waals surface area contributed by atoms with E-state index in [1.54, 1.807) is 48.5 Å². The molecule has 0 atom stereocenters. The van der Waals surface area contributed by atoms with E-state index in [-0.39, 0.29) is 12.4 Å². The van der Waals surface area contributed by atoms with E-state index in [9.17, 15) is 14.0 Å². The van der Waals surface area contributed by atoms with E-state index in [1.165, 1.54) is 18.3 Å². The van der Waals surface area contributed by atoms with E-state index >= 15 is 0 Å². The Morgan fingerprint density at radius 1 is 0.968 bits per heavy atom. The summed E-state index contributed by atoms with van der Waals surface area (Å²) in [5.74, 6) is -1.37. The number of benzene rings is 3. The van der Waals surface area contributed by atoms with E-state index in [1.807, 2.05) is 19.9 Å². The van der Waals surface area contributed by atoms with Crippen molar-refractivity contribution in [3.05, 3.63) is 94.8 Å². The highest BCUT2D eigenvalue weighted by Gasteiger charge is 2.13. The van der Waals surface area contributed by atoms with Gasteiger partial charge in [0.1, 0.15) is 18.2 Å². The molecule has 2 N–H and O–H groups in total. The second kappa shape index (κ2) is 10.2. The van der Waals surface area contributed by atoms with Gasteiger partial charge in [0.2, 0.25) is 0 Å². The number of anilines is 1. The maximum atomic E-state index is 13.2. The average Bonchev–Trinajstić information content (AvgIpc) is 2.75. The molecule has 2 amide bonds. The van der Waals surface area contributed by atoms with Crippen LogP contribution in [0.5, 0.6) is 5.75 Å². The van der Waals surface area contributed by atoms with Gasteiger partial charge in [0, 0.05) is 5.69 Å². The monoisotopic (exact) mass is 419 g/mol. The number of hydrazone groups is 1. The molecule has 3 aromatic rings. The van der Waals surface area contributed by atoms with Gasteiger partial charge in [-0.25, -0.2) is 9.82 Å². The number of rotatable bonds is 6. The molecule has 0 radical (unpaired) electrons. The van der Waals surface area contributed by atoms with Crippen LogP contribution in [0.3, 0.4) is 0 Å². The smallest absolute Gasteiger partial charge is 0.329 e. The Morgan fingerprint density at radius 3 is 2.45 bits per heavy atom. The molecule has 0 unspecified atom stereocenters. The van der Waals surface area contributed by atoms with Crippen molar-refractivity contribution in [1.29, 1.82) is 0 Å². The van der Waals surface area contributed by atoms with Crippen molar-refractivity contribution in [1.82, 2.24) is 5.43 Å². The lowest BCUT2D eigenvalue weighted by Crippen LogP contribution is -2.32. The molecule has 0 spiro atoms. The quantitative estimate of drug-likeness (QED) is 0.359. The van der Waals surface area contributed by atoms with E-state index in [2.05, 4.69) is 15.8 Å². The highest BCUT2D eigenvalue weighted by atomic mass is 19.1. The predicted molar refractivity (Wildman–Crippen MR) is 117 cm³/mol. The summed E-state index contributed by atoms with van der Waals surface area (Å²) in [6.07, 6.45) is 1.41. The molecule has 0 aromatic heterocycles. The van der Waals surface area contributed by atoms with Crippen molar-refractivity contribution < 1.29 is 18.7 Å². The summed E-state index contributed by atoms with van der Waals surface area (Å²) in [4.78, 5) is 23.9. The number of amides is 2. The predicted octanol–water partition coefficient (Wildman–Crippen LogP) is 4.11. The van der Waals surface area contributed by atoms with Crippen LogP contribution in [0.25, 0.3) is 0 Å². The number of hydrogen-bond donors (Lipinski definition) is 2. The second-order valence-corrected chi connectivity index (χ2v) is 6.94. The maximum absolute atomic E-state index is 13.2. The van der Waals surface area contributed by atoms with Crippen molar-refractivity contribution in [3.8, 4) is 5.75 Å². The highest BCUT2D eigenvalue weighted by Crippen LogP contribution is 2.15. The largest absolute Gasteiger partial charge is 0.489 e. The van der Waals surface area contributed by atoms with Crippen molar-refractivity contribution >= 4 is 23.7 Å². The molecular formula is C24H22FN3O3. The molecule has 3 rings (SSSR count). The van der Waals surface area contributed by atoms with E-state index in [0.29, 0.717) is 17.0 Å². The number of ether oxygens (including phenoxy) is 1. The first-order valence-corrected chi connectivity index (χ1v) is 9.59. The van der Waals surface area contributed by atoms with Gasteiger partial charge in [0.05, 0.1) is 6.21 Å². The first-order chi connectivity index (χ1) is 14.9. The van der Waals surface area contributed by atoms with Gasteiger partial charge in [0.15, 0.2) is 0 Å². The zero-order valence-corrected chi connectivity index (χ0v) is 17.2. The molecule has 3 aromatic carbocycles. The molecule has 0 saturated heterocycles. The van der Waals surface area contributed by atoms with Crippen molar-refractivity contribution in [3.63, 3.8) is 0 Å². The zero-order valence-electron chi connectivity index (χ0n) is 17.2. The van der Waals surface area contributed by atoms with Crippen LogP contribution >= 0.6 is 0 Å². The topological polar surface area (TPSA) is 79.8 Å². The van der Waals surface area contributed by atoms with Crippen LogP contribution in [0.2, 0.25) is 0 Å². The van der Waals surface area contributed by atoms with Gasteiger partial charge in [0.25, 0.3) is 0 Å². The van der Waals surface area contributed by atoms with E-state index < -0.39 is 11.8 Å². The van der Waals surface area contributed by atoms with Gasteiger partial charge in [-0.15, -0.1) is 0 Å². The minimum Gasteiger partial charge on any atom is -0.489 e. The molecule has 158 valence electrons. The summed E-state index contributed by atoms with van der Waals surface area (Å²) in [5.41, 5.74) is 6.28. The lowest BCUT2D eigenvalue weighted by Gasteiger charge is -2.07. The molecule has 7 heteroatoms. The molecule has 0 fully saturated rings. The van der Waals surface area contributed by atoms with Crippen LogP contribution < -0.4 is 15.5 Å². The van der Waals surface area contributed by atoms with Crippen molar-refractivity contribution in [2.24, 2.45) is 5.10 Å². The molecule has 0 heterocycles. The number of nitrogens with one attached hydrogen (secondary N) is 2. The summed E-state index contributed by atoms with van der Waals surface area (Å²) >= 11 is 0. The Bertz CT molecular complexity index is 1110. The Labute approximate surface area is 179 Å². The van der Waals surface area contributed by atoms with Gasteiger partial charge in [-0.05, 0) is 84.6 Å². The molecule has 0 bridgehead atoms. The third-order valence-electron chi connectivity index (χ3n) is 4.53. The highest BCUT2D eigenvalue weighted by molar-refractivity contribution is 6.39. The van der Waals surface area contributed by atoms with Crippen LogP contribution in [0, 0.1) is 19.7 Å². The first kappa shape index (κ1) is 21.7. The fourth-order valence-electron chi connectivity index (χ4n) is 2.67. The standard InChI is InChI=1S/C24H22FN3O3/c1-16-6-9-21(12-17(16)2)27-23(29)24(30)28-26-14-18-7-10-22(11-8-18)31-15-19-4-3-5-20(25)13-19/h3-14H,15H2,1-2H3,(H,27,29)(H,28,30)/b26-14+. The normalized spacial score (nSPS) is 10.7. The zero-order chi connectivity index (χ0) is 22.2. The van der Waals surface area contributed by atoms with E-state index in [4.69, 9.17) is 4.74 Å². The molecule has 6 nitrogen and oxygen atoms in total. The lowest BCUT2D eigenvalue weighted by molar-refractivity contribution is -0.136. The number of carbonyl (C=O) groups is 2. The summed E-state index contributed by atoms with van der Waals surface area (Å²) in [5, 5.41) is 6.33. The lowest BCUT2D eigenvalue weighted by atomic mass is 10.1. The molecule has 31 heavy (non-hydrogen) atoms. The SMILES string of the molecule is Cc1ccc(NC(=O)C(=O)N/N=C/c2ccc(OCc3cccc(F)c3)cc2)cc1C. The Balaban J connectivity index is 1.48. The number of hydrogen-bond acceptors (Lipinski definition) is 4. The van der Waals surface area contributed by atoms with Crippen LogP contribution in [0.1, 0.15) is 22.3 Å². The number of carbonyl (C=O) groups excluding carboxylic acids is 2. The maximum Gasteiger partial charge on any atom is 0.329 e. The fraction of sp³-hybridized carbons (Fsp3) is 0.125. The average molecular weight is 419 g/mol.